The maximum atomic E-state index is 12.3. The summed E-state index contributed by atoms with van der Waals surface area (Å²) >= 11 is 0. The van der Waals surface area contributed by atoms with Gasteiger partial charge in [0.2, 0.25) is 0 Å². The third-order valence-electron chi connectivity index (χ3n) is 3.79. The number of carbonyl (C=O) groups is 1. The lowest BCUT2D eigenvalue weighted by Crippen LogP contribution is -2.16. The quantitative estimate of drug-likeness (QED) is 0.675. The minimum Gasteiger partial charge on any atom is -0.382 e. The van der Waals surface area contributed by atoms with E-state index in [0.717, 1.165) is 24.2 Å². The van der Waals surface area contributed by atoms with Gasteiger partial charge < -0.3 is 11.1 Å². The number of hydrogen-bond acceptors (Lipinski definition) is 6. The van der Waals surface area contributed by atoms with Crippen LogP contribution in [0.15, 0.2) is 36.7 Å². The van der Waals surface area contributed by atoms with Gasteiger partial charge in [0.25, 0.3) is 5.91 Å². The standard InChI is InChI=1S/C16H15N7O/c17-13-12(18-6-7-19-13)16(24)20-11-3-1-2-10(8-11)15-21-14(22-23-15)9-4-5-9/h1-3,6-9H,4-5H2,(H2,17,19)(H,20,24)(H,21,22,23). The van der Waals surface area contributed by atoms with Crippen LogP contribution in [0.25, 0.3) is 11.4 Å². The van der Waals surface area contributed by atoms with E-state index >= 15 is 0 Å². The van der Waals surface area contributed by atoms with Crippen molar-refractivity contribution >= 4 is 17.4 Å². The van der Waals surface area contributed by atoms with Gasteiger partial charge in [-0.05, 0) is 25.0 Å². The fraction of sp³-hybridized carbons (Fsp3) is 0.188. The Morgan fingerprint density at radius 3 is 2.88 bits per heavy atom. The number of nitrogen functional groups attached to an aromatic ring is 1. The highest BCUT2D eigenvalue weighted by Gasteiger charge is 2.27. The van der Waals surface area contributed by atoms with Crippen LogP contribution in [0.4, 0.5) is 11.5 Å². The molecule has 0 spiro atoms. The van der Waals surface area contributed by atoms with E-state index in [9.17, 15) is 4.79 Å². The van der Waals surface area contributed by atoms with Crippen molar-refractivity contribution < 1.29 is 4.79 Å². The van der Waals surface area contributed by atoms with Gasteiger partial charge in [-0.15, -0.1) is 0 Å². The van der Waals surface area contributed by atoms with Gasteiger partial charge in [0.15, 0.2) is 17.3 Å². The summed E-state index contributed by atoms with van der Waals surface area (Å²) in [5.41, 5.74) is 7.20. The van der Waals surface area contributed by atoms with Crippen LogP contribution in [0.2, 0.25) is 0 Å². The number of nitrogens with zero attached hydrogens (tertiary/aromatic N) is 4. The Balaban J connectivity index is 1.56. The molecule has 0 radical (unpaired) electrons. The summed E-state index contributed by atoms with van der Waals surface area (Å²) < 4.78 is 0. The van der Waals surface area contributed by atoms with Crippen molar-refractivity contribution in [3.8, 4) is 11.4 Å². The van der Waals surface area contributed by atoms with Crippen LogP contribution in [0.5, 0.6) is 0 Å². The smallest absolute Gasteiger partial charge is 0.278 e. The molecule has 0 atom stereocenters. The molecule has 24 heavy (non-hydrogen) atoms. The molecule has 1 saturated carbocycles. The first kappa shape index (κ1) is 14.3. The second kappa shape index (κ2) is 5.73. The zero-order valence-electron chi connectivity index (χ0n) is 12.7. The minimum atomic E-state index is -0.411. The van der Waals surface area contributed by atoms with Crippen LogP contribution in [-0.4, -0.2) is 31.1 Å². The van der Waals surface area contributed by atoms with E-state index in [2.05, 4.69) is 30.5 Å². The van der Waals surface area contributed by atoms with E-state index in [1.165, 1.54) is 12.4 Å². The van der Waals surface area contributed by atoms with E-state index in [1.807, 2.05) is 18.2 Å². The highest BCUT2D eigenvalue weighted by atomic mass is 16.1. The van der Waals surface area contributed by atoms with Gasteiger partial charge in [-0.3, -0.25) is 9.89 Å². The highest BCUT2D eigenvalue weighted by Crippen LogP contribution is 2.38. The lowest BCUT2D eigenvalue weighted by atomic mass is 10.2. The van der Waals surface area contributed by atoms with Gasteiger partial charge in [0, 0.05) is 29.6 Å². The molecule has 4 N–H and O–H groups in total. The van der Waals surface area contributed by atoms with Gasteiger partial charge in [0.1, 0.15) is 5.82 Å². The molecule has 2 heterocycles. The van der Waals surface area contributed by atoms with Crippen molar-refractivity contribution in [3.63, 3.8) is 0 Å². The van der Waals surface area contributed by atoms with Gasteiger partial charge >= 0.3 is 0 Å². The van der Waals surface area contributed by atoms with Crippen LogP contribution in [0.3, 0.4) is 0 Å². The van der Waals surface area contributed by atoms with Crippen molar-refractivity contribution in [3.05, 3.63) is 48.2 Å². The molecule has 8 heteroatoms. The van der Waals surface area contributed by atoms with Crippen molar-refractivity contribution in [2.75, 3.05) is 11.1 Å². The number of nitrogens with two attached hydrogens (primary N) is 1. The van der Waals surface area contributed by atoms with E-state index in [1.54, 1.807) is 6.07 Å². The van der Waals surface area contributed by atoms with Crippen LogP contribution >= 0.6 is 0 Å². The van der Waals surface area contributed by atoms with Crippen LogP contribution in [-0.2, 0) is 0 Å². The number of benzene rings is 1. The van der Waals surface area contributed by atoms with E-state index < -0.39 is 5.91 Å². The Morgan fingerprint density at radius 1 is 1.25 bits per heavy atom. The molecule has 2 aromatic heterocycles. The Hall–Kier alpha value is -3.29. The van der Waals surface area contributed by atoms with Gasteiger partial charge in [-0.2, -0.15) is 5.10 Å². The Morgan fingerprint density at radius 2 is 2.08 bits per heavy atom. The first-order valence-corrected chi connectivity index (χ1v) is 7.61. The topological polar surface area (TPSA) is 122 Å². The largest absolute Gasteiger partial charge is 0.382 e. The van der Waals surface area contributed by atoms with Crippen molar-refractivity contribution in [1.29, 1.82) is 0 Å². The summed E-state index contributed by atoms with van der Waals surface area (Å²) in [6, 6.07) is 7.32. The Labute approximate surface area is 137 Å². The van der Waals surface area contributed by atoms with Gasteiger partial charge in [-0.25, -0.2) is 15.0 Å². The van der Waals surface area contributed by atoms with Gasteiger partial charge in [0.05, 0.1) is 0 Å². The molecule has 8 nitrogen and oxygen atoms in total. The Kier molecular flexibility index (Phi) is 3.42. The molecule has 120 valence electrons. The summed E-state index contributed by atoms with van der Waals surface area (Å²) in [5.74, 6) is 1.73. The molecule has 0 unspecified atom stereocenters. The first-order chi connectivity index (χ1) is 11.7. The van der Waals surface area contributed by atoms with Crippen LogP contribution in [0, 0.1) is 0 Å². The number of rotatable bonds is 4. The molecule has 0 bridgehead atoms. The number of nitrogens with one attached hydrogen (secondary N) is 2. The van der Waals surface area contributed by atoms with Gasteiger partial charge in [-0.1, -0.05) is 12.1 Å². The maximum Gasteiger partial charge on any atom is 0.278 e. The minimum absolute atomic E-state index is 0.0918. The summed E-state index contributed by atoms with van der Waals surface area (Å²) in [7, 11) is 0. The van der Waals surface area contributed by atoms with E-state index in [0.29, 0.717) is 17.4 Å². The fourth-order valence-corrected chi connectivity index (χ4v) is 2.39. The molecule has 1 fully saturated rings. The average Bonchev–Trinajstić information content (AvgIpc) is 3.32. The number of carbonyl (C=O) groups excluding carboxylic acids is 1. The molecule has 1 amide bonds. The molecule has 0 aliphatic heterocycles. The maximum absolute atomic E-state index is 12.3. The van der Waals surface area contributed by atoms with Crippen LogP contribution < -0.4 is 11.1 Å². The zero-order valence-corrected chi connectivity index (χ0v) is 12.7. The van der Waals surface area contributed by atoms with E-state index in [-0.39, 0.29) is 11.5 Å². The summed E-state index contributed by atoms with van der Waals surface area (Å²) in [6.07, 6.45) is 5.18. The monoisotopic (exact) mass is 321 g/mol. The normalized spacial score (nSPS) is 13.7. The Bertz CT molecular complexity index is 901. The number of aromatic nitrogens is 5. The number of hydrogen-bond donors (Lipinski definition) is 3. The summed E-state index contributed by atoms with van der Waals surface area (Å²) in [6.45, 7) is 0. The number of amides is 1. The second-order valence-electron chi connectivity index (χ2n) is 5.64. The van der Waals surface area contributed by atoms with Crippen molar-refractivity contribution in [1.82, 2.24) is 25.1 Å². The molecule has 1 aromatic carbocycles. The van der Waals surface area contributed by atoms with E-state index in [4.69, 9.17) is 5.73 Å². The van der Waals surface area contributed by atoms with Crippen molar-refractivity contribution in [2.45, 2.75) is 18.8 Å². The number of aromatic amines is 1. The predicted octanol–water partition coefficient (Wildman–Crippen LogP) is 1.97. The molecule has 1 aliphatic carbocycles. The SMILES string of the molecule is Nc1nccnc1C(=O)Nc1cccc(-c2n[nH]c(C3CC3)n2)c1. The van der Waals surface area contributed by atoms with Crippen molar-refractivity contribution in [2.24, 2.45) is 0 Å². The first-order valence-electron chi connectivity index (χ1n) is 7.61. The van der Waals surface area contributed by atoms with Crippen LogP contribution in [0.1, 0.15) is 35.1 Å². The number of H-pyrrole nitrogens is 1. The predicted molar refractivity (Wildman–Crippen MR) is 88.2 cm³/mol. The highest BCUT2D eigenvalue weighted by molar-refractivity contribution is 6.05. The summed E-state index contributed by atoms with van der Waals surface area (Å²) in [5, 5.41) is 9.99. The number of anilines is 2. The second-order valence-corrected chi connectivity index (χ2v) is 5.64. The lowest BCUT2D eigenvalue weighted by Gasteiger charge is -2.06. The zero-order chi connectivity index (χ0) is 16.5. The molecule has 0 saturated heterocycles. The molecular formula is C16H15N7O. The molecular weight excluding hydrogens is 306 g/mol. The lowest BCUT2D eigenvalue weighted by molar-refractivity contribution is 0.102. The third-order valence-corrected chi connectivity index (χ3v) is 3.79. The molecule has 4 rings (SSSR count). The molecule has 3 aromatic rings. The molecule has 1 aliphatic rings. The summed E-state index contributed by atoms with van der Waals surface area (Å²) in [4.78, 5) is 24.6. The third kappa shape index (κ3) is 2.81. The fourth-order valence-electron chi connectivity index (χ4n) is 2.39. The average molecular weight is 321 g/mol.